The fourth-order valence-electron chi connectivity index (χ4n) is 3.51. The highest BCUT2D eigenvalue weighted by Crippen LogP contribution is 2.39. The average molecular weight is 303 g/mol. The van der Waals surface area contributed by atoms with E-state index in [1.165, 1.54) is 5.56 Å². The van der Waals surface area contributed by atoms with Gasteiger partial charge in [-0.15, -0.1) is 0 Å². The van der Waals surface area contributed by atoms with E-state index in [2.05, 4.69) is 16.0 Å². The Bertz CT molecular complexity index is 510. The number of rotatable bonds is 3. The fourth-order valence-corrected chi connectivity index (χ4v) is 3.51. The summed E-state index contributed by atoms with van der Waals surface area (Å²) in [4.78, 5) is 20.3. The van der Waals surface area contributed by atoms with Gasteiger partial charge in [-0.1, -0.05) is 6.07 Å². The Morgan fingerprint density at radius 2 is 2.18 bits per heavy atom. The predicted molar refractivity (Wildman–Crippen MR) is 84.3 cm³/mol. The van der Waals surface area contributed by atoms with E-state index in [0.717, 1.165) is 45.3 Å². The van der Waals surface area contributed by atoms with Gasteiger partial charge in [0.25, 0.3) is 5.91 Å². The maximum Gasteiger partial charge on any atom is 0.251 e. The molecule has 0 aliphatic carbocycles. The van der Waals surface area contributed by atoms with E-state index < -0.39 is 0 Å². The average Bonchev–Trinajstić information content (AvgIpc) is 2.94. The van der Waals surface area contributed by atoms with Gasteiger partial charge in [-0.25, -0.2) is 0 Å². The molecule has 22 heavy (non-hydrogen) atoms. The van der Waals surface area contributed by atoms with Crippen molar-refractivity contribution in [3.05, 3.63) is 30.1 Å². The summed E-state index contributed by atoms with van der Waals surface area (Å²) in [6, 6.07) is 4.10. The lowest BCUT2D eigenvalue weighted by molar-refractivity contribution is -0.148. The molecule has 5 heteroatoms. The highest BCUT2D eigenvalue weighted by atomic mass is 16.5. The van der Waals surface area contributed by atoms with Crippen molar-refractivity contribution in [2.24, 2.45) is 0 Å². The third-order valence-electron chi connectivity index (χ3n) is 4.87. The molecule has 1 amide bonds. The molecule has 2 aliphatic rings. The van der Waals surface area contributed by atoms with Crippen LogP contribution in [0.15, 0.2) is 24.5 Å². The highest BCUT2D eigenvalue weighted by molar-refractivity contribution is 5.80. The zero-order valence-corrected chi connectivity index (χ0v) is 13.5. The first-order valence-corrected chi connectivity index (χ1v) is 8.08. The molecule has 1 aromatic heterocycles. The fraction of sp³-hybridized carbons (Fsp3) is 0.647. The van der Waals surface area contributed by atoms with Crippen LogP contribution in [0.3, 0.4) is 0 Å². The summed E-state index contributed by atoms with van der Waals surface area (Å²) in [5.74, 6) is 0.106. The zero-order chi connectivity index (χ0) is 15.6. The van der Waals surface area contributed by atoms with Gasteiger partial charge in [0, 0.05) is 46.1 Å². The zero-order valence-electron chi connectivity index (χ0n) is 13.5. The van der Waals surface area contributed by atoms with Crippen LogP contribution in [0.2, 0.25) is 0 Å². The Labute approximate surface area is 132 Å². The van der Waals surface area contributed by atoms with E-state index in [-0.39, 0.29) is 17.6 Å². The lowest BCUT2D eigenvalue weighted by Gasteiger charge is -2.39. The van der Waals surface area contributed by atoms with Crippen LogP contribution in [-0.2, 0) is 16.1 Å². The van der Waals surface area contributed by atoms with E-state index in [0.29, 0.717) is 0 Å². The Kier molecular flexibility index (Phi) is 4.45. The number of likely N-dealkylation sites (N-methyl/N-ethyl adjacent to an activating group) is 1. The molecule has 1 spiro atoms. The Morgan fingerprint density at radius 1 is 1.41 bits per heavy atom. The minimum absolute atomic E-state index is 0.0677. The molecule has 120 valence electrons. The summed E-state index contributed by atoms with van der Waals surface area (Å²) in [5, 5.41) is 0. The number of carbonyl (C=O) groups excluding carboxylic acids is 1. The van der Waals surface area contributed by atoms with Crippen molar-refractivity contribution in [3.63, 3.8) is 0 Å². The number of amides is 1. The molecule has 1 unspecified atom stereocenters. The predicted octanol–water partition coefficient (Wildman–Crippen LogP) is 1.68. The van der Waals surface area contributed by atoms with E-state index in [1.807, 2.05) is 18.5 Å². The van der Waals surface area contributed by atoms with Crippen LogP contribution in [0.25, 0.3) is 0 Å². The third kappa shape index (κ3) is 3.31. The summed E-state index contributed by atoms with van der Waals surface area (Å²) >= 11 is 0. The first-order chi connectivity index (χ1) is 10.6. The number of carbonyl (C=O) groups is 1. The number of nitrogens with zero attached hydrogens (tertiary/aromatic N) is 3. The Hall–Kier alpha value is -1.46. The van der Waals surface area contributed by atoms with Crippen molar-refractivity contribution >= 4 is 5.91 Å². The molecule has 3 heterocycles. The number of likely N-dealkylation sites (tertiary alicyclic amines) is 1. The van der Waals surface area contributed by atoms with Crippen molar-refractivity contribution < 1.29 is 9.53 Å². The molecule has 2 saturated heterocycles. The molecule has 1 aromatic rings. The van der Waals surface area contributed by atoms with Crippen LogP contribution in [0.4, 0.5) is 0 Å². The van der Waals surface area contributed by atoms with Gasteiger partial charge in [-0.2, -0.15) is 0 Å². The number of hydrogen-bond acceptors (Lipinski definition) is 4. The van der Waals surface area contributed by atoms with Crippen LogP contribution in [0.5, 0.6) is 0 Å². The van der Waals surface area contributed by atoms with E-state index in [4.69, 9.17) is 4.74 Å². The molecule has 5 nitrogen and oxygen atoms in total. The van der Waals surface area contributed by atoms with Crippen molar-refractivity contribution in [3.8, 4) is 0 Å². The number of ether oxygens (including phenoxy) is 1. The van der Waals surface area contributed by atoms with Gasteiger partial charge < -0.3 is 9.64 Å². The second-order valence-corrected chi connectivity index (χ2v) is 6.70. The monoisotopic (exact) mass is 303 g/mol. The van der Waals surface area contributed by atoms with Crippen LogP contribution in [0, 0.1) is 0 Å². The van der Waals surface area contributed by atoms with Crippen molar-refractivity contribution in [2.75, 3.05) is 27.2 Å². The Balaban J connectivity index is 1.53. The molecule has 3 rings (SSSR count). The summed E-state index contributed by atoms with van der Waals surface area (Å²) < 4.78 is 6.18. The van der Waals surface area contributed by atoms with Crippen LogP contribution in [0.1, 0.15) is 31.2 Å². The number of pyridine rings is 1. The van der Waals surface area contributed by atoms with E-state index in [9.17, 15) is 4.79 Å². The number of aromatic nitrogens is 1. The van der Waals surface area contributed by atoms with Gasteiger partial charge in [0.05, 0.1) is 5.60 Å². The molecule has 0 N–H and O–H groups in total. The van der Waals surface area contributed by atoms with Crippen molar-refractivity contribution in [2.45, 2.75) is 43.9 Å². The van der Waals surface area contributed by atoms with Crippen molar-refractivity contribution in [1.29, 1.82) is 0 Å². The summed E-state index contributed by atoms with van der Waals surface area (Å²) in [6.45, 7) is 3.00. The molecule has 0 saturated carbocycles. The molecule has 0 aromatic carbocycles. The van der Waals surface area contributed by atoms with Gasteiger partial charge in [-0.3, -0.25) is 14.7 Å². The normalized spacial score (nSPS) is 24.5. The quantitative estimate of drug-likeness (QED) is 0.852. The lowest BCUT2D eigenvalue weighted by atomic mass is 9.88. The van der Waals surface area contributed by atoms with Gasteiger partial charge in [0.1, 0.15) is 6.10 Å². The van der Waals surface area contributed by atoms with Gasteiger partial charge in [-0.05, 0) is 37.3 Å². The lowest BCUT2D eigenvalue weighted by Crippen LogP contribution is -2.45. The smallest absolute Gasteiger partial charge is 0.251 e. The molecule has 2 aliphatic heterocycles. The number of piperidine rings is 1. The van der Waals surface area contributed by atoms with E-state index in [1.54, 1.807) is 19.0 Å². The number of hydrogen-bond donors (Lipinski definition) is 0. The SMILES string of the molecule is CN(C)C(=O)C1CCC2(CCN(Cc3cccnc3)CC2)O1. The third-order valence-corrected chi connectivity index (χ3v) is 4.87. The minimum atomic E-state index is -0.236. The second-order valence-electron chi connectivity index (χ2n) is 6.70. The van der Waals surface area contributed by atoms with Gasteiger partial charge >= 0.3 is 0 Å². The minimum Gasteiger partial charge on any atom is -0.362 e. The largest absolute Gasteiger partial charge is 0.362 e. The van der Waals surface area contributed by atoms with E-state index >= 15 is 0 Å². The molecule has 1 atom stereocenters. The van der Waals surface area contributed by atoms with Crippen LogP contribution < -0.4 is 0 Å². The summed E-state index contributed by atoms with van der Waals surface area (Å²) in [6.07, 6.45) is 7.41. The van der Waals surface area contributed by atoms with Gasteiger partial charge in [0.15, 0.2) is 0 Å². The Morgan fingerprint density at radius 3 is 2.82 bits per heavy atom. The summed E-state index contributed by atoms with van der Waals surface area (Å²) in [5.41, 5.74) is 1.19. The first kappa shape index (κ1) is 15.4. The molecule has 0 radical (unpaired) electrons. The topological polar surface area (TPSA) is 45.7 Å². The second kappa shape index (κ2) is 6.34. The first-order valence-electron chi connectivity index (χ1n) is 8.08. The van der Waals surface area contributed by atoms with Crippen LogP contribution >= 0.6 is 0 Å². The molecule has 0 bridgehead atoms. The van der Waals surface area contributed by atoms with Gasteiger partial charge in [0.2, 0.25) is 0 Å². The maximum absolute atomic E-state index is 12.1. The molecular weight excluding hydrogens is 278 g/mol. The molecular formula is C17H25N3O2. The standard InChI is InChI=1S/C17H25N3O2/c1-19(2)16(21)15-5-6-17(22-15)7-10-20(11-8-17)13-14-4-3-9-18-12-14/h3-4,9,12,15H,5-8,10-11,13H2,1-2H3. The van der Waals surface area contributed by atoms with Crippen LogP contribution in [-0.4, -0.2) is 59.6 Å². The maximum atomic E-state index is 12.1. The van der Waals surface area contributed by atoms with Crippen molar-refractivity contribution in [1.82, 2.24) is 14.8 Å². The highest BCUT2D eigenvalue weighted by Gasteiger charge is 2.44. The molecule has 2 fully saturated rings. The summed E-state index contributed by atoms with van der Waals surface area (Å²) in [7, 11) is 3.60.